The lowest BCUT2D eigenvalue weighted by Crippen LogP contribution is -2.55. The maximum Gasteiger partial charge on any atom is 0.251 e. The van der Waals surface area contributed by atoms with E-state index in [0.717, 1.165) is 26.1 Å². The number of rotatable bonds is 4. The van der Waals surface area contributed by atoms with E-state index < -0.39 is 0 Å². The van der Waals surface area contributed by atoms with Crippen molar-refractivity contribution >= 4 is 11.6 Å². The molecule has 0 bridgehead atoms. The van der Waals surface area contributed by atoms with E-state index in [4.69, 9.17) is 10.5 Å². The van der Waals surface area contributed by atoms with Crippen molar-refractivity contribution in [3.05, 3.63) is 29.8 Å². The van der Waals surface area contributed by atoms with Crippen molar-refractivity contribution in [2.24, 2.45) is 0 Å². The average Bonchev–Trinajstić information content (AvgIpc) is 2.45. The Bertz CT molecular complexity index is 468. The van der Waals surface area contributed by atoms with Crippen LogP contribution in [0.2, 0.25) is 0 Å². The zero-order valence-corrected chi connectivity index (χ0v) is 12.2. The zero-order valence-electron chi connectivity index (χ0n) is 12.2. The third kappa shape index (κ3) is 3.29. The van der Waals surface area contributed by atoms with Crippen molar-refractivity contribution in [1.82, 2.24) is 10.2 Å². The second-order valence-corrected chi connectivity index (χ2v) is 5.54. The molecule has 0 atom stereocenters. The van der Waals surface area contributed by atoms with Gasteiger partial charge in [-0.3, -0.25) is 4.79 Å². The zero-order chi connectivity index (χ0) is 14.6. The van der Waals surface area contributed by atoms with Gasteiger partial charge in [0, 0.05) is 36.5 Å². The lowest BCUT2D eigenvalue weighted by atomic mass is 9.88. The summed E-state index contributed by atoms with van der Waals surface area (Å²) in [5, 5.41) is 3.03. The molecule has 20 heavy (non-hydrogen) atoms. The number of nitrogens with two attached hydrogens (primary N) is 1. The fourth-order valence-electron chi connectivity index (χ4n) is 2.56. The first-order chi connectivity index (χ1) is 9.53. The van der Waals surface area contributed by atoms with E-state index in [0.29, 0.717) is 17.8 Å². The Labute approximate surface area is 120 Å². The minimum atomic E-state index is -0.0787. The Morgan fingerprint density at radius 2 is 2.10 bits per heavy atom. The molecule has 5 heteroatoms. The summed E-state index contributed by atoms with van der Waals surface area (Å²) in [4.78, 5) is 14.4. The van der Waals surface area contributed by atoms with Gasteiger partial charge in [0.15, 0.2) is 0 Å². The van der Waals surface area contributed by atoms with Crippen molar-refractivity contribution in [1.29, 1.82) is 0 Å². The van der Waals surface area contributed by atoms with Gasteiger partial charge in [0.2, 0.25) is 0 Å². The van der Waals surface area contributed by atoms with Gasteiger partial charge in [-0.25, -0.2) is 0 Å². The molecule has 3 N–H and O–H groups in total. The highest BCUT2D eigenvalue weighted by Gasteiger charge is 2.35. The Hall–Kier alpha value is -1.59. The van der Waals surface area contributed by atoms with Gasteiger partial charge in [0.25, 0.3) is 5.91 Å². The second kappa shape index (κ2) is 6.24. The number of carbonyl (C=O) groups is 1. The Kier molecular flexibility index (Phi) is 4.62. The molecule has 0 unspecified atom stereocenters. The molecule has 5 nitrogen and oxygen atoms in total. The monoisotopic (exact) mass is 277 g/mol. The van der Waals surface area contributed by atoms with E-state index >= 15 is 0 Å². The number of anilines is 1. The number of benzene rings is 1. The summed E-state index contributed by atoms with van der Waals surface area (Å²) in [6.45, 7) is 2.11. The number of amides is 1. The van der Waals surface area contributed by atoms with Crippen LogP contribution >= 0.6 is 0 Å². The highest BCUT2D eigenvalue weighted by atomic mass is 16.5. The van der Waals surface area contributed by atoms with Crippen LogP contribution in [0.4, 0.5) is 5.69 Å². The molecule has 2 rings (SSSR count). The van der Waals surface area contributed by atoms with Crippen molar-refractivity contribution in [3.63, 3.8) is 0 Å². The normalized spacial score (nSPS) is 17.9. The van der Waals surface area contributed by atoms with E-state index in [1.54, 1.807) is 24.3 Å². The van der Waals surface area contributed by atoms with Crippen LogP contribution < -0.4 is 11.1 Å². The van der Waals surface area contributed by atoms with Crippen LogP contribution in [0.15, 0.2) is 24.3 Å². The first kappa shape index (κ1) is 14.8. The van der Waals surface area contributed by atoms with Crippen LogP contribution in [0, 0.1) is 0 Å². The first-order valence-corrected chi connectivity index (χ1v) is 6.92. The SMILES string of the molecule is CN(C)C1(CNC(=O)c2cccc(N)c2)CCOCC1. The summed E-state index contributed by atoms with van der Waals surface area (Å²) in [5.74, 6) is -0.0787. The molecule has 1 aliphatic rings. The van der Waals surface area contributed by atoms with Crippen LogP contribution in [0.3, 0.4) is 0 Å². The first-order valence-electron chi connectivity index (χ1n) is 6.92. The van der Waals surface area contributed by atoms with Crippen LogP contribution in [-0.2, 0) is 4.74 Å². The molecule has 0 spiro atoms. The van der Waals surface area contributed by atoms with E-state index in [-0.39, 0.29) is 11.4 Å². The number of hydrogen-bond acceptors (Lipinski definition) is 4. The third-order valence-electron chi connectivity index (χ3n) is 4.10. The lowest BCUT2D eigenvalue weighted by Gasteiger charge is -2.42. The van der Waals surface area contributed by atoms with E-state index in [1.807, 2.05) is 0 Å². The van der Waals surface area contributed by atoms with Gasteiger partial charge in [0.1, 0.15) is 0 Å². The summed E-state index contributed by atoms with van der Waals surface area (Å²) < 4.78 is 5.43. The fourth-order valence-corrected chi connectivity index (χ4v) is 2.56. The van der Waals surface area contributed by atoms with Gasteiger partial charge in [-0.1, -0.05) is 6.07 Å². The fraction of sp³-hybridized carbons (Fsp3) is 0.533. The predicted octanol–water partition coefficient (Wildman–Crippen LogP) is 1.11. The minimum Gasteiger partial charge on any atom is -0.399 e. The maximum absolute atomic E-state index is 12.2. The highest BCUT2D eigenvalue weighted by Crippen LogP contribution is 2.25. The molecule has 0 aliphatic carbocycles. The Balaban J connectivity index is 2.00. The molecule has 0 radical (unpaired) electrons. The van der Waals surface area contributed by atoms with E-state index in [2.05, 4.69) is 24.3 Å². The molecule has 1 heterocycles. The molecule has 1 amide bonds. The van der Waals surface area contributed by atoms with Crippen molar-refractivity contribution in [3.8, 4) is 0 Å². The maximum atomic E-state index is 12.2. The van der Waals surface area contributed by atoms with Gasteiger partial charge in [-0.05, 0) is 45.1 Å². The number of likely N-dealkylation sites (N-methyl/N-ethyl adjacent to an activating group) is 1. The lowest BCUT2D eigenvalue weighted by molar-refractivity contribution is -0.00657. The molecule has 0 saturated carbocycles. The summed E-state index contributed by atoms with van der Waals surface area (Å²) in [5.41, 5.74) is 6.89. The van der Waals surface area contributed by atoms with Crippen molar-refractivity contribution in [2.75, 3.05) is 39.6 Å². The average molecular weight is 277 g/mol. The van der Waals surface area contributed by atoms with Crippen LogP contribution in [0.25, 0.3) is 0 Å². The van der Waals surface area contributed by atoms with Crippen molar-refractivity contribution in [2.45, 2.75) is 18.4 Å². The van der Waals surface area contributed by atoms with Gasteiger partial charge >= 0.3 is 0 Å². The molecule has 0 aromatic heterocycles. The molecule has 1 fully saturated rings. The molecule has 1 saturated heterocycles. The minimum absolute atomic E-state index is 0.0196. The number of ether oxygens (including phenoxy) is 1. The highest BCUT2D eigenvalue weighted by molar-refractivity contribution is 5.95. The summed E-state index contributed by atoms with van der Waals surface area (Å²) in [7, 11) is 4.11. The molecular weight excluding hydrogens is 254 g/mol. The second-order valence-electron chi connectivity index (χ2n) is 5.54. The number of nitrogens with one attached hydrogen (secondary N) is 1. The Morgan fingerprint density at radius 1 is 1.40 bits per heavy atom. The molecule has 1 aliphatic heterocycles. The van der Waals surface area contributed by atoms with Gasteiger partial charge < -0.3 is 20.7 Å². The Morgan fingerprint density at radius 3 is 2.70 bits per heavy atom. The number of nitrogen functional groups attached to an aromatic ring is 1. The van der Waals surface area contributed by atoms with E-state index in [1.165, 1.54) is 0 Å². The largest absolute Gasteiger partial charge is 0.399 e. The number of hydrogen-bond donors (Lipinski definition) is 2. The van der Waals surface area contributed by atoms with Gasteiger partial charge in [-0.2, -0.15) is 0 Å². The van der Waals surface area contributed by atoms with Crippen LogP contribution in [0.5, 0.6) is 0 Å². The third-order valence-corrected chi connectivity index (χ3v) is 4.10. The smallest absolute Gasteiger partial charge is 0.251 e. The predicted molar refractivity (Wildman–Crippen MR) is 79.7 cm³/mol. The van der Waals surface area contributed by atoms with Crippen molar-refractivity contribution < 1.29 is 9.53 Å². The topological polar surface area (TPSA) is 67.6 Å². The van der Waals surface area contributed by atoms with Gasteiger partial charge in [0.05, 0.1) is 0 Å². The standard InChI is InChI=1S/C15H23N3O2/c1-18(2)15(6-8-20-9-7-15)11-17-14(19)12-4-3-5-13(16)10-12/h3-5,10H,6-9,11,16H2,1-2H3,(H,17,19). The summed E-state index contributed by atoms with van der Waals surface area (Å²) in [6.07, 6.45) is 1.86. The quantitative estimate of drug-likeness (QED) is 0.809. The molecule has 1 aromatic rings. The number of nitrogens with zero attached hydrogens (tertiary/aromatic N) is 1. The van der Waals surface area contributed by atoms with Crippen LogP contribution in [0.1, 0.15) is 23.2 Å². The summed E-state index contributed by atoms with van der Waals surface area (Å²) in [6, 6.07) is 7.04. The summed E-state index contributed by atoms with van der Waals surface area (Å²) >= 11 is 0. The number of carbonyl (C=O) groups excluding carboxylic acids is 1. The van der Waals surface area contributed by atoms with Crippen LogP contribution in [-0.4, -0.2) is 50.2 Å². The molecular formula is C15H23N3O2. The molecule has 1 aromatic carbocycles. The van der Waals surface area contributed by atoms with Gasteiger partial charge in [-0.15, -0.1) is 0 Å². The van der Waals surface area contributed by atoms with E-state index in [9.17, 15) is 4.79 Å². The molecule has 110 valence electrons.